The molecule has 1 aromatic carbocycles. The van der Waals surface area contributed by atoms with Crippen molar-refractivity contribution in [1.82, 2.24) is 0 Å². The van der Waals surface area contributed by atoms with Gasteiger partial charge in [-0.1, -0.05) is 63.6 Å². The largest absolute Gasteiger partial charge is 0.393 e. The average molecular weight is 397 g/mol. The highest BCUT2D eigenvalue weighted by atomic mass is 16.6. The Hall–Kier alpha value is -1.94. The number of esters is 2. The van der Waals surface area contributed by atoms with E-state index in [1.54, 1.807) is 0 Å². The van der Waals surface area contributed by atoms with Gasteiger partial charge in [0.2, 0.25) is 0 Å². The zero-order valence-corrected chi connectivity index (χ0v) is 17.9. The van der Waals surface area contributed by atoms with E-state index in [9.17, 15) is 9.59 Å². The molecule has 0 amide bonds. The van der Waals surface area contributed by atoms with Gasteiger partial charge in [0.1, 0.15) is 5.92 Å². The van der Waals surface area contributed by atoms with E-state index in [-0.39, 0.29) is 17.6 Å². The maximum Gasteiger partial charge on any atom is 0.320 e. The Morgan fingerprint density at radius 1 is 1.07 bits per heavy atom. The van der Waals surface area contributed by atoms with Crippen LogP contribution in [-0.4, -0.2) is 24.1 Å². The number of carbonyl (C=O) groups is 2. The summed E-state index contributed by atoms with van der Waals surface area (Å²) in [6.45, 7) is 8.90. The third-order valence-electron chi connectivity index (χ3n) is 7.50. The first-order chi connectivity index (χ1) is 13.8. The fourth-order valence-electron chi connectivity index (χ4n) is 5.61. The maximum atomic E-state index is 12.4. The highest BCUT2D eigenvalue weighted by molar-refractivity contribution is 5.97. The smallest absolute Gasteiger partial charge is 0.320 e. The second-order valence-corrected chi connectivity index (χ2v) is 9.76. The van der Waals surface area contributed by atoms with E-state index in [2.05, 4.69) is 57.2 Å². The van der Waals surface area contributed by atoms with E-state index in [0.29, 0.717) is 18.3 Å². The Labute approximate surface area is 173 Å². The molecule has 1 aromatic rings. The first-order valence-corrected chi connectivity index (χ1v) is 10.9. The molecule has 4 rings (SSSR count). The van der Waals surface area contributed by atoms with Crippen LogP contribution in [0.2, 0.25) is 0 Å². The molecule has 0 spiro atoms. The number of cyclic esters (lactones) is 2. The fourth-order valence-corrected chi connectivity index (χ4v) is 5.61. The molecule has 2 aliphatic carbocycles. The zero-order valence-electron chi connectivity index (χ0n) is 17.9. The maximum absolute atomic E-state index is 12.4. The molecular weight excluding hydrogens is 364 g/mol. The first kappa shape index (κ1) is 20.3. The normalized spacial score (nSPS) is 35.1. The van der Waals surface area contributed by atoms with E-state index < -0.39 is 23.8 Å². The minimum atomic E-state index is -0.495. The molecule has 0 unspecified atom stereocenters. The summed E-state index contributed by atoms with van der Waals surface area (Å²) >= 11 is 0. The molecule has 2 fully saturated rings. The van der Waals surface area contributed by atoms with E-state index in [1.165, 1.54) is 12.0 Å². The third kappa shape index (κ3) is 3.68. The Morgan fingerprint density at radius 3 is 2.52 bits per heavy atom. The second kappa shape index (κ2) is 7.71. The fraction of sp³-hybridized carbons (Fsp3) is 0.600. The number of allylic oxidation sites excluding steroid dienone is 1. The summed E-state index contributed by atoms with van der Waals surface area (Å²) in [6, 6.07) is 10.6. The molecule has 6 atom stereocenters. The lowest BCUT2D eigenvalue weighted by Crippen LogP contribution is -2.47. The Morgan fingerprint density at radius 2 is 1.79 bits per heavy atom. The molecule has 1 saturated carbocycles. The minimum Gasteiger partial charge on any atom is -0.393 e. The number of carbonyl (C=O) groups excluding carboxylic acids is 2. The predicted molar refractivity (Wildman–Crippen MR) is 111 cm³/mol. The van der Waals surface area contributed by atoms with Crippen LogP contribution in [0.5, 0.6) is 0 Å². The Balaban J connectivity index is 1.62. The van der Waals surface area contributed by atoms with E-state index in [4.69, 9.17) is 9.47 Å². The highest BCUT2D eigenvalue weighted by Gasteiger charge is 2.52. The van der Waals surface area contributed by atoms with Crippen molar-refractivity contribution in [3.8, 4) is 0 Å². The summed E-state index contributed by atoms with van der Waals surface area (Å²) < 4.78 is 11.7. The first-order valence-electron chi connectivity index (χ1n) is 10.9. The molecule has 0 N–H and O–H groups in total. The molecule has 4 heteroatoms. The van der Waals surface area contributed by atoms with Crippen LogP contribution in [0.15, 0.2) is 42.0 Å². The van der Waals surface area contributed by atoms with E-state index in [0.717, 1.165) is 18.4 Å². The van der Waals surface area contributed by atoms with Crippen molar-refractivity contribution < 1.29 is 19.1 Å². The summed E-state index contributed by atoms with van der Waals surface area (Å²) in [4.78, 5) is 24.5. The molecule has 1 aliphatic heterocycles. The van der Waals surface area contributed by atoms with Crippen LogP contribution in [0.3, 0.4) is 0 Å². The zero-order chi connectivity index (χ0) is 20.8. The quantitative estimate of drug-likeness (QED) is 0.416. The van der Waals surface area contributed by atoms with Gasteiger partial charge in [0.25, 0.3) is 0 Å². The van der Waals surface area contributed by atoms with Crippen LogP contribution in [0.4, 0.5) is 0 Å². The summed E-state index contributed by atoms with van der Waals surface area (Å²) in [6.07, 6.45) is 5.57. The van der Waals surface area contributed by atoms with Gasteiger partial charge < -0.3 is 9.47 Å². The van der Waals surface area contributed by atoms with Gasteiger partial charge in [-0.2, -0.15) is 0 Å². The van der Waals surface area contributed by atoms with Crippen molar-refractivity contribution in [2.45, 2.75) is 71.0 Å². The molecule has 4 nitrogen and oxygen atoms in total. The lowest BCUT2D eigenvalue weighted by atomic mass is 9.64. The lowest BCUT2D eigenvalue weighted by Gasteiger charge is -2.46. The standard InChI is InChI=1S/C25H32O4/c1-15-10-13-19(25(3,4)17-8-6-5-7-9-17)20(14-15)28-22-16(2)11-12-18-21(22)24(27)29-23(18)26/h5-9,11,15,18-22H,10,12-14H2,1-4H3/t15-,18-,19-,20-,21-,22+/m1/s1. The number of ether oxygens (including phenoxy) is 2. The van der Waals surface area contributed by atoms with Gasteiger partial charge in [-0.25, -0.2) is 0 Å². The number of benzene rings is 1. The van der Waals surface area contributed by atoms with Crippen molar-refractivity contribution in [3.05, 3.63) is 47.5 Å². The number of hydrogen-bond donors (Lipinski definition) is 0. The van der Waals surface area contributed by atoms with Gasteiger partial charge >= 0.3 is 11.9 Å². The number of rotatable bonds is 4. The van der Waals surface area contributed by atoms with E-state index >= 15 is 0 Å². The molecule has 156 valence electrons. The van der Waals surface area contributed by atoms with Crippen LogP contribution >= 0.6 is 0 Å². The van der Waals surface area contributed by atoms with Crippen LogP contribution < -0.4 is 0 Å². The molecule has 1 heterocycles. The molecule has 3 aliphatic rings. The lowest BCUT2D eigenvalue weighted by molar-refractivity contribution is -0.155. The highest BCUT2D eigenvalue weighted by Crippen LogP contribution is 2.46. The topological polar surface area (TPSA) is 52.6 Å². The molecule has 0 radical (unpaired) electrons. The Bertz CT molecular complexity index is 809. The summed E-state index contributed by atoms with van der Waals surface area (Å²) in [7, 11) is 0. The molecule has 29 heavy (non-hydrogen) atoms. The predicted octanol–water partition coefficient (Wildman–Crippen LogP) is 4.82. The van der Waals surface area contributed by atoms with Gasteiger partial charge in [0, 0.05) is 0 Å². The van der Waals surface area contributed by atoms with Crippen molar-refractivity contribution in [2.24, 2.45) is 23.7 Å². The van der Waals surface area contributed by atoms with Gasteiger partial charge in [-0.15, -0.1) is 0 Å². The number of hydrogen-bond acceptors (Lipinski definition) is 4. The van der Waals surface area contributed by atoms with Crippen LogP contribution in [0, 0.1) is 23.7 Å². The molecule has 1 saturated heterocycles. The van der Waals surface area contributed by atoms with Crippen molar-refractivity contribution >= 4 is 11.9 Å². The van der Waals surface area contributed by atoms with Gasteiger partial charge in [-0.3, -0.25) is 9.59 Å². The van der Waals surface area contributed by atoms with Gasteiger partial charge in [-0.05, 0) is 54.6 Å². The third-order valence-corrected chi connectivity index (χ3v) is 7.50. The molecule has 0 aromatic heterocycles. The van der Waals surface area contributed by atoms with Crippen molar-refractivity contribution in [1.29, 1.82) is 0 Å². The Kier molecular flexibility index (Phi) is 5.41. The summed E-state index contributed by atoms with van der Waals surface area (Å²) in [5.74, 6) is -0.759. The molecule has 0 bridgehead atoms. The van der Waals surface area contributed by atoms with Gasteiger partial charge in [0.05, 0.1) is 18.1 Å². The SMILES string of the molecule is CC1=CC[C@H]2C(=O)OC(=O)[C@H]2[C@H]1O[C@@H]1C[C@H](C)CC[C@H]1C(C)(C)c1ccccc1. The minimum absolute atomic E-state index is 0.0379. The van der Waals surface area contributed by atoms with Crippen molar-refractivity contribution in [3.63, 3.8) is 0 Å². The average Bonchev–Trinajstić information content (AvgIpc) is 2.98. The van der Waals surface area contributed by atoms with Crippen LogP contribution in [0.1, 0.15) is 58.9 Å². The summed E-state index contributed by atoms with van der Waals surface area (Å²) in [5, 5.41) is 0. The van der Waals surface area contributed by atoms with E-state index in [1.807, 2.05) is 6.92 Å². The molecular formula is C25H32O4. The van der Waals surface area contributed by atoms with Crippen LogP contribution in [-0.2, 0) is 24.5 Å². The van der Waals surface area contributed by atoms with Gasteiger partial charge in [0.15, 0.2) is 0 Å². The van der Waals surface area contributed by atoms with Crippen molar-refractivity contribution in [2.75, 3.05) is 0 Å². The number of fused-ring (bicyclic) bond motifs is 1. The summed E-state index contributed by atoms with van der Waals surface area (Å²) in [5.41, 5.74) is 2.33. The van der Waals surface area contributed by atoms with Crippen LogP contribution in [0.25, 0.3) is 0 Å². The monoisotopic (exact) mass is 396 g/mol. The second-order valence-electron chi connectivity index (χ2n) is 9.76.